The molecule has 1 N–H and O–H groups in total. The molecular formula is C20H19NO4. The smallest absolute Gasteiger partial charge is 0.295 e. The fourth-order valence-electron chi connectivity index (χ4n) is 2.99. The Kier molecular flexibility index (Phi) is 4.31. The largest absolute Gasteiger partial charge is 0.507 e. The highest BCUT2D eigenvalue weighted by Gasteiger charge is 2.44. The molecule has 1 aliphatic rings. The Balaban J connectivity index is 2.12. The summed E-state index contributed by atoms with van der Waals surface area (Å²) >= 11 is 0. The Morgan fingerprint density at radius 3 is 2.20 bits per heavy atom. The molecule has 0 saturated carbocycles. The van der Waals surface area contributed by atoms with E-state index in [1.807, 2.05) is 31.2 Å². The van der Waals surface area contributed by atoms with Gasteiger partial charge in [-0.3, -0.25) is 9.59 Å². The average Bonchev–Trinajstić information content (AvgIpc) is 2.86. The van der Waals surface area contributed by atoms with Gasteiger partial charge in [-0.25, -0.2) is 0 Å². The van der Waals surface area contributed by atoms with E-state index < -0.39 is 17.7 Å². The Hall–Kier alpha value is -3.08. The maximum Gasteiger partial charge on any atom is 0.295 e. The minimum absolute atomic E-state index is 0.0986. The van der Waals surface area contributed by atoms with E-state index in [1.54, 1.807) is 38.4 Å². The van der Waals surface area contributed by atoms with Gasteiger partial charge in [0.2, 0.25) is 0 Å². The standard InChI is InChI=1S/C20H19NO4/c1-12-4-6-13(7-5-12)17-16(19(23)20(24)21(17)2)18(22)14-8-10-15(25-3)11-9-14/h4-11,17,22H,1-3H3. The molecule has 5 nitrogen and oxygen atoms in total. The second-order valence-corrected chi connectivity index (χ2v) is 6.05. The number of aliphatic hydroxyl groups is 1. The van der Waals surface area contributed by atoms with Crippen LogP contribution in [0.4, 0.5) is 0 Å². The lowest BCUT2D eigenvalue weighted by Gasteiger charge is -2.21. The average molecular weight is 337 g/mol. The molecule has 5 heteroatoms. The Morgan fingerprint density at radius 2 is 1.64 bits per heavy atom. The van der Waals surface area contributed by atoms with Gasteiger partial charge in [-0.15, -0.1) is 0 Å². The number of methoxy groups -OCH3 is 1. The van der Waals surface area contributed by atoms with E-state index in [4.69, 9.17) is 4.74 Å². The summed E-state index contributed by atoms with van der Waals surface area (Å²) in [5.74, 6) is -0.847. The molecule has 0 bridgehead atoms. The third-order valence-electron chi connectivity index (χ3n) is 4.43. The second kappa shape index (κ2) is 6.43. The van der Waals surface area contributed by atoms with Crippen LogP contribution in [0.1, 0.15) is 22.7 Å². The first-order valence-corrected chi connectivity index (χ1v) is 7.89. The summed E-state index contributed by atoms with van der Waals surface area (Å²) < 4.78 is 5.10. The van der Waals surface area contributed by atoms with Crippen LogP contribution in [0.25, 0.3) is 5.76 Å². The lowest BCUT2D eigenvalue weighted by atomic mass is 9.95. The maximum absolute atomic E-state index is 12.5. The molecule has 25 heavy (non-hydrogen) atoms. The molecule has 1 heterocycles. The van der Waals surface area contributed by atoms with Gasteiger partial charge < -0.3 is 14.7 Å². The van der Waals surface area contributed by atoms with E-state index in [9.17, 15) is 14.7 Å². The topological polar surface area (TPSA) is 66.8 Å². The van der Waals surface area contributed by atoms with E-state index in [0.717, 1.165) is 11.1 Å². The zero-order chi connectivity index (χ0) is 18.1. The normalized spacial score (nSPS) is 19.3. The highest BCUT2D eigenvalue weighted by atomic mass is 16.5. The number of carbonyl (C=O) groups excluding carboxylic acids is 2. The van der Waals surface area contributed by atoms with Crippen LogP contribution >= 0.6 is 0 Å². The number of ether oxygens (including phenoxy) is 1. The van der Waals surface area contributed by atoms with Crippen molar-refractivity contribution in [2.75, 3.05) is 14.2 Å². The van der Waals surface area contributed by atoms with Gasteiger partial charge in [0.1, 0.15) is 11.5 Å². The summed E-state index contributed by atoms with van der Waals surface area (Å²) in [4.78, 5) is 26.0. The van der Waals surface area contributed by atoms with Crippen molar-refractivity contribution < 1.29 is 19.4 Å². The first-order chi connectivity index (χ1) is 11.9. The van der Waals surface area contributed by atoms with Crippen LogP contribution in [0.5, 0.6) is 5.75 Å². The molecule has 0 radical (unpaired) electrons. The minimum Gasteiger partial charge on any atom is -0.507 e. The number of benzene rings is 2. The Morgan fingerprint density at radius 1 is 1.04 bits per heavy atom. The van der Waals surface area contributed by atoms with Crippen molar-refractivity contribution in [2.45, 2.75) is 13.0 Å². The number of hydrogen-bond acceptors (Lipinski definition) is 4. The fourth-order valence-corrected chi connectivity index (χ4v) is 2.99. The quantitative estimate of drug-likeness (QED) is 0.531. The molecule has 0 aliphatic carbocycles. The van der Waals surface area contributed by atoms with E-state index >= 15 is 0 Å². The summed E-state index contributed by atoms with van der Waals surface area (Å²) in [6, 6.07) is 13.6. The molecule has 0 spiro atoms. The number of aryl methyl sites for hydroxylation is 1. The number of hydrogen-bond donors (Lipinski definition) is 1. The summed E-state index contributed by atoms with van der Waals surface area (Å²) in [7, 11) is 3.12. The first-order valence-electron chi connectivity index (χ1n) is 7.89. The third-order valence-corrected chi connectivity index (χ3v) is 4.43. The number of amides is 1. The van der Waals surface area contributed by atoms with Crippen molar-refractivity contribution in [3.63, 3.8) is 0 Å². The zero-order valence-electron chi connectivity index (χ0n) is 14.3. The predicted molar refractivity (Wildman–Crippen MR) is 94.2 cm³/mol. The van der Waals surface area contributed by atoms with Crippen LogP contribution in [-0.2, 0) is 9.59 Å². The molecule has 128 valence electrons. The van der Waals surface area contributed by atoms with Gasteiger partial charge >= 0.3 is 0 Å². The van der Waals surface area contributed by atoms with Gasteiger partial charge in [-0.2, -0.15) is 0 Å². The second-order valence-electron chi connectivity index (χ2n) is 6.05. The summed E-state index contributed by atoms with van der Waals surface area (Å²) in [6.07, 6.45) is 0. The van der Waals surface area contributed by atoms with Gasteiger partial charge in [0, 0.05) is 12.6 Å². The SMILES string of the molecule is COc1ccc(C(O)=C2C(=O)C(=O)N(C)C2c2ccc(C)cc2)cc1. The number of Topliss-reactive ketones (excluding diaryl/α,β-unsaturated/α-hetero) is 1. The van der Waals surface area contributed by atoms with Crippen molar-refractivity contribution >= 4 is 17.4 Å². The van der Waals surface area contributed by atoms with Crippen LogP contribution in [0, 0.1) is 6.92 Å². The van der Waals surface area contributed by atoms with Gasteiger partial charge in [0.05, 0.1) is 18.7 Å². The first kappa shape index (κ1) is 16.8. The lowest BCUT2D eigenvalue weighted by molar-refractivity contribution is -0.139. The third kappa shape index (κ3) is 2.89. The molecule has 3 rings (SSSR count). The molecule has 1 amide bonds. The van der Waals surface area contributed by atoms with Crippen molar-refractivity contribution in [1.29, 1.82) is 0 Å². The van der Waals surface area contributed by atoms with Gasteiger partial charge in [-0.1, -0.05) is 29.8 Å². The highest BCUT2D eigenvalue weighted by Crippen LogP contribution is 2.38. The number of aliphatic hydroxyl groups excluding tert-OH is 1. The number of likely N-dealkylation sites (N-methyl/N-ethyl adjacent to an activating group) is 1. The molecule has 1 saturated heterocycles. The number of rotatable bonds is 3. The summed E-state index contributed by atoms with van der Waals surface area (Å²) in [6.45, 7) is 1.96. The molecule has 0 aromatic heterocycles. The molecule has 1 fully saturated rings. The lowest BCUT2D eigenvalue weighted by Crippen LogP contribution is -2.24. The van der Waals surface area contributed by atoms with Crippen LogP contribution in [0.2, 0.25) is 0 Å². The van der Waals surface area contributed by atoms with E-state index in [1.165, 1.54) is 4.90 Å². The molecule has 1 atom stereocenters. The number of nitrogens with zero attached hydrogens (tertiary/aromatic N) is 1. The van der Waals surface area contributed by atoms with Gasteiger partial charge in [0.25, 0.3) is 11.7 Å². The number of carbonyl (C=O) groups is 2. The van der Waals surface area contributed by atoms with Crippen molar-refractivity contribution in [1.82, 2.24) is 4.90 Å². The van der Waals surface area contributed by atoms with E-state index in [0.29, 0.717) is 11.3 Å². The minimum atomic E-state index is -0.679. The van der Waals surface area contributed by atoms with Crippen molar-refractivity contribution in [2.24, 2.45) is 0 Å². The molecular weight excluding hydrogens is 318 g/mol. The molecule has 2 aromatic rings. The molecule has 1 aliphatic heterocycles. The predicted octanol–water partition coefficient (Wildman–Crippen LogP) is 3.06. The number of ketones is 1. The maximum atomic E-state index is 12.5. The Labute approximate surface area is 146 Å². The van der Waals surface area contributed by atoms with E-state index in [2.05, 4.69) is 0 Å². The van der Waals surface area contributed by atoms with Crippen LogP contribution in [0.3, 0.4) is 0 Å². The summed E-state index contributed by atoms with van der Waals surface area (Å²) in [5.41, 5.74) is 2.42. The van der Waals surface area contributed by atoms with Crippen LogP contribution < -0.4 is 4.74 Å². The molecule has 2 aromatic carbocycles. The fraction of sp³-hybridized carbons (Fsp3) is 0.200. The van der Waals surface area contributed by atoms with Gasteiger partial charge in [-0.05, 0) is 36.8 Å². The Bertz CT molecular complexity index is 850. The van der Waals surface area contributed by atoms with Crippen molar-refractivity contribution in [3.05, 3.63) is 70.8 Å². The van der Waals surface area contributed by atoms with E-state index in [-0.39, 0.29) is 11.3 Å². The number of likely N-dealkylation sites (tertiary alicyclic amines) is 1. The molecule has 1 unspecified atom stereocenters. The van der Waals surface area contributed by atoms with Gasteiger partial charge in [0.15, 0.2) is 0 Å². The van der Waals surface area contributed by atoms with Crippen LogP contribution in [-0.4, -0.2) is 35.9 Å². The highest BCUT2D eigenvalue weighted by molar-refractivity contribution is 6.46. The van der Waals surface area contributed by atoms with Crippen molar-refractivity contribution in [3.8, 4) is 5.75 Å². The summed E-state index contributed by atoms with van der Waals surface area (Å²) in [5, 5.41) is 10.7. The monoisotopic (exact) mass is 337 g/mol. The zero-order valence-corrected chi connectivity index (χ0v) is 14.3. The van der Waals surface area contributed by atoms with Crippen LogP contribution in [0.15, 0.2) is 54.1 Å².